The highest BCUT2D eigenvalue weighted by Crippen LogP contribution is 2.42. The number of benzene rings is 1. The quantitative estimate of drug-likeness (QED) is 0.653. The van der Waals surface area contributed by atoms with Gasteiger partial charge >= 0.3 is 0 Å². The van der Waals surface area contributed by atoms with E-state index in [2.05, 4.69) is 65.7 Å². The van der Waals surface area contributed by atoms with Crippen LogP contribution < -0.4 is 0 Å². The summed E-state index contributed by atoms with van der Waals surface area (Å²) < 4.78 is 9.09. The number of rotatable bonds is 1. The van der Waals surface area contributed by atoms with Crippen molar-refractivity contribution in [3.63, 3.8) is 0 Å². The third-order valence-electron chi connectivity index (χ3n) is 6.30. The molecule has 0 N–H and O–H groups in total. The SMILES string of the molecule is Cc1ccc2c(c1)c1c3n2CC(C)(c2ccc(C)nc2)COC3CN(C)C1. The molecular weight excluding hydrogens is 334 g/mol. The van der Waals surface area contributed by atoms with E-state index in [9.17, 15) is 0 Å². The van der Waals surface area contributed by atoms with Gasteiger partial charge in [0.25, 0.3) is 0 Å². The van der Waals surface area contributed by atoms with Crippen molar-refractivity contribution in [1.82, 2.24) is 14.5 Å². The van der Waals surface area contributed by atoms with Gasteiger partial charge in [-0.25, -0.2) is 0 Å². The maximum absolute atomic E-state index is 6.55. The number of fused-ring (bicyclic) bond motifs is 3. The first-order valence-electron chi connectivity index (χ1n) is 9.79. The topological polar surface area (TPSA) is 30.3 Å². The molecule has 27 heavy (non-hydrogen) atoms. The summed E-state index contributed by atoms with van der Waals surface area (Å²) >= 11 is 0. The normalized spacial score (nSPS) is 25.4. The van der Waals surface area contributed by atoms with E-state index in [1.165, 1.54) is 33.3 Å². The van der Waals surface area contributed by atoms with E-state index < -0.39 is 0 Å². The molecule has 4 heterocycles. The van der Waals surface area contributed by atoms with Gasteiger partial charge in [-0.2, -0.15) is 0 Å². The Balaban J connectivity index is 1.71. The van der Waals surface area contributed by atoms with Gasteiger partial charge in [0.15, 0.2) is 0 Å². The van der Waals surface area contributed by atoms with E-state index in [4.69, 9.17) is 4.74 Å². The maximum Gasteiger partial charge on any atom is 0.110 e. The Bertz CT molecular complexity index is 1020. The Morgan fingerprint density at radius 3 is 2.81 bits per heavy atom. The molecule has 4 nitrogen and oxygen atoms in total. The average molecular weight is 361 g/mol. The lowest BCUT2D eigenvalue weighted by atomic mass is 9.84. The molecule has 0 saturated carbocycles. The molecule has 0 amide bonds. The predicted octanol–water partition coefficient (Wildman–Crippen LogP) is 4.13. The van der Waals surface area contributed by atoms with E-state index in [0.717, 1.165) is 25.3 Å². The third-order valence-corrected chi connectivity index (χ3v) is 6.30. The fourth-order valence-corrected chi connectivity index (χ4v) is 4.78. The molecule has 0 saturated heterocycles. The zero-order valence-electron chi connectivity index (χ0n) is 16.6. The van der Waals surface area contributed by atoms with Crippen molar-refractivity contribution in [2.24, 2.45) is 0 Å². The molecule has 0 spiro atoms. The molecule has 0 fully saturated rings. The minimum atomic E-state index is -0.0960. The fraction of sp³-hybridized carbons (Fsp3) is 0.435. The first kappa shape index (κ1) is 17.0. The van der Waals surface area contributed by atoms with Crippen LogP contribution in [-0.4, -0.2) is 34.7 Å². The van der Waals surface area contributed by atoms with Crippen molar-refractivity contribution >= 4 is 10.9 Å². The second kappa shape index (κ2) is 5.91. The first-order chi connectivity index (χ1) is 12.9. The van der Waals surface area contributed by atoms with Crippen LogP contribution in [0.3, 0.4) is 0 Å². The van der Waals surface area contributed by atoms with Crippen LogP contribution in [0.4, 0.5) is 0 Å². The number of pyridine rings is 1. The molecule has 0 bridgehead atoms. The number of aryl methyl sites for hydroxylation is 2. The van der Waals surface area contributed by atoms with Gasteiger partial charge in [0.2, 0.25) is 0 Å². The highest BCUT2D eigenvalue weighted by Gasteiger charge is 2.39. The molecule has 2 atom stereocenters. The van der Waals surface area contributed by atoms with Gasteiger partial charge in [-0.05, 0) is 50.2 Å². The Kier molecular flexibility index (Phi) is 3.72. The van der Waals surface area contributed by atoms with Crippen LogP contribution in [0, 0.1) is 13.8 Å². The van der Waals surface area contributed by atoms with Crippen molar-refractivity contribution in [3.05, 3.63) is 64.6 Å². The van der Waals surface area contributed by atoms with E-state index in [1.807, 2.05) is 13.1 Å². The van der Waals surface area contributed by atoms with Crippen LogP contribution in [-0.2, 0) is 23.2 Å². The Morgan fingerprint density at radius 2 is 2.04 bits per heavy atom. The number of likely N-dealkylation sites (N-methyl/N-ethyl adjacent to an activating group) is 1. The number of nitrogens with zero attached hydrogens (tertiary/aromatic N) is 3. The van der Waals surface area contributed by atoms with Crippen LogP contribution in [0.1, 0.15) is 41.1 Å². The molecule has 4 heteroatoms. The summed E-state index contributed by atoms with van der Waals surface area (Å²) in [4.78, 5) is 6.94. The second-order valence-corrected chi connectivity index (χ2v) is 8.72. The largest absolute Gasteiger partial charge is 0.370 e. The van der Waals surface area contributed by atoms with E-state index in [1.54, 1.807) is 0 Å². The minimum absolute atomic E-state index is 0.0960. The number of hydrogen-bond acceptors (Lipinski definition) is 3. The van der Waals surface area contributed by atoms with Crippen LogP contribution in [0.25, 0.3) is 10.9 Å². The Hall–Kier alpha value is -2.17. The van der Waals surface area contributed by atoms with Crippen molar-refractivity contribution in [2.75, 3.05) is 20.2 Å². The van der Waals surface area contributed by atoms with E-state index in [-0.39, 0.29) is 11.5 Å². The van der Waals surface area contributed by atoms with Gasteiger partial charge < -0.3 is 9.30 Å². The fourth-order valence-electron chi connectivity index (χ4n) is 4.78. The van der Waals surface area contributed by atoms with Crippen LogP contribution in [0.15, 0.2) is 36.5 Å². The lowest BCUT2D eigenvalue weighted by Crippen LogP contribution is -2.33. The zero-order valence-corrected chi connectivity index (χ0v) is 16.6. The third kappa shape index (κ3) is 2.62. The highest BCUT2D eigenvalue weighted by molar-refractivity contribution is 5.87. The number of aromatic nitrogens is 2. The maximum atomic E-state index is 6.55. The minimum Gasteiger partial charge on any atom is -0.370 e. The highest BCUT2D eigenvalue weighted by atomic mass is 16.5. The standard InChI is InChI=1S/C23H27N3O/c1-15-5-8-20-18(9-15)19-11-25(4)12-21-22(19)26(20)13-23(3,14-27-21)17-7-6-16(2)24-10-17/h5-10,21H,11-14H2,1-4H3. The van der Waals surface area contributed by atoms with Crippen molar-refractivity contribution in [3.8, 4) is 0 Å². The van der Waals surface area contributed by atoms with Crippen molar-refractivity contribution < 1.29 is 4.74 Å². The van der Waals surface area contributed by atoms with Crippen molar-refractivity contribution in [1.29, 1.82) is 0 Å². The Labute approximate surface area is 160 Å². The molecule has 2 aliphatic rings. The molecule has 0 radical (unpaired) electrons. The summed E-state index contributed by atoms with van der Waals surface area (Å²) in [5.41, 5.74) is 7.69. The van der Waals surface area contributed by atoms with E-state index >= 15 is 0 Å². The smallest absolute Gasteiger partial charge is 0.110 e. The molecule has 2 aromatic heterocycles. The average Bonchev–Trinajstić information content (AvgIpc) is 2.83. The summed E-state index contributed by atoms with van der Waals surface area (Å²) in [6, 6.07) is 11.2. The summed E-state index contributed by atoms with van der Waals surface area (Å²) in [6.45, 7) is 10.1. The second-order valence-electron chi connectivity index (χ2n) is 8.72. The van der Waals surface area contributed by atoms with Crippen LogP contribution in [0.5, 0.6) is 0 Å². The van der Waals surface area contributed by atoms with Gasteiger partial charge in [-0.3, -0.25) is 9.88 Å². The summed E-state index contributed by atoms with van der Waals surface area (Å²) in [6.07, 6.45) is 2.16. The molecule has 1 aromatic carbocycles. The molecule has 0 aliphatic carbocycles. The van der Waals surface area contributed by atoms with Gasteiger partial charge in [-0.1, -0.05) is 24.6 Å². The number of hydrogen-bond donors (Lipinski definition) is 0. The van der Waals surface area contributed by atoms with Crippen molar-refractivity contribution in [2.45, 2.75) is 45.4 Å². The van der Waals surface area contributed by atoms with Gasteiger partial charge in [0.05, 0.1) is 12.3 Å². The molecule has 5 rings (SSSR count). The summed E-state index contributed by atoms with van der Waals surface area (Å²) in [7, 11) is 2.19. The first-order valence-corrected chi connectivity index (χ1v) is 9.79. The van der Waals surface area contributed by atoms with Crippen LogP contribution >= 0.6 is 0 Å². The molecule has 2 unspecified atom stereocenters. The van der Waals surface area contributed by atoms with E-state index in [0.29, 0.717) is 6.61 Å². The molecular formula is C23H27N3O. The lowest BCUT2D eigenvalue weighted by Gasteiger charge is -2.31. The van der Waals surface area contributed by atoms with Gasteiger partial charge in [0, 0.05) is 47.8 Å². The molecule has 2 aliphatic heterocycles. The van der Waals surface area contributed by atoms with Crippen LogP contribution in [0.2, 0.25) is 0 Å². The Morgan fingerprint density at radius 1 is 1.19 bits per heavy atom. The number of ether oxygens (including phenoxy) is 1. The summed E-state index contributed by atoms with van der Waals surface area (Å²) in [5.74, 6) is 0. The molecule has 3 aromatic rings. The van der Waals surface area contributed by atoms with Gasteiger partial charge in [0.1, 0.15) is 6.10 Å². The zero-order chi connectivity index (χ0) is 18.8. The predicted molar refractivity (Wildman–Crippen MR) is 108 cm³/mol. The van der Waals surface area contributed by atoms with Gasteiger partial charge in [-0.15, -0.1) is 0 Å². The summed E-state index contributed by atoms with van der Waals surface area (Å²) in [5, 5.41) is 1.39. The monoisotopic (exact) mass is 361 g/mol. The molecule has 140 valence electrons. The lowest BCUT2D eigenvalue weighted by molar-refractivity contribution is 0.00178.